The van der Waals surface area contributed by atoms with Gasteiger partial charge in [-0.3, -0.25) is 4.79 Å². The zero-order valence-electron chi connectivity index (χ0n) is 11.9. The topological polar surface area (TPSA) is 73.6 Å². The van der Waals surface area contributed by atoms with Crippen molar-refractivity contribution < 1.29 is 14.3 Å². The first-order valence-electron chi connectivity index (χ1n) is 6.21. The minimum atomic E-state index is -0.584. The van der Waals surface area contributed by atoms with Crippen LogP contribution in [0.3, 0.4) is 0 Å². The second-order valence-electron chi connectivity index (χ2n) is 5.01. The van der Waals surface area contributed by atoms with Crippen LogP contribution >= 0.6 is 0 Å². The number of rotatable bonds is 6. The lowest BCUT2D eigenvalue weighted by atomic mass is 10.1. The highest BCUT2D eigenvalue weighted by Crippen LogP contribution is 2.18. The summed E-state index contributed by atoms with van der Waals surface area (Å²) in [6, 6.07) is 7.08. The molecule has 0 aromatic heterocycles. The molecule has 19 heavy (non-hydrogen) atoms. The van der Waals surface area contributed by atoms with Crippen molar-refractivity contribution in [2.45, 2.75) is 32.4 Å². The Morgan fingerprint density at radius 3 is 2.32 bits per heavy atom. The third kappa shape index (κ3) is 4.79. The molecule has 0 saturated heterocycles. The van der Waals surface area contributed by atoms with Crippen LogP contribution in [0.2, 0.25) is 0 Å². The molecule has 0 radical (unpaired) electrons. The molecule has 0 heterocycles. The fourth-order valence-corrected chi connectivity index (χ4v) is 1.40. The van der Waals surface area contributed by atoms with Crippen molar-refractivity contribution in [2.75, 3.05) is 13.7 Å². The molecule has 0 spiro atoms. The molecule has 1 aromatic rings. The van der Waals surface area contributed by atoms with E-state index >= 15 is 0 Å². The number of hydrogen-bond donors (Lipinski definition) is 2. The van der Waals surface area contributed by atoms with E-state index in [0.717, 1.165) is 5.75 Å². The number of ether oxygens (including phenoxy) is 2. The second-order valence-corrected chi connectivity index (χ2v) is 5.01. The highest BCUT2D eigenvalue weighted by molar-refractivity contribution is 5.81. The van der Waals surface area contributed by atoms with Gasteiger partial charge in [0, 0.05) is 12.1 Å². The third-order valence-corrected chi connectivity index (χ3v) is 2.71. The number of nitrogens with two attached hydrogens (primary N) is 1. The van der Waals surface area contributed by atoms with E-state index in [2.05, 4.69) is 5.32 Å². The van der Waals surface area contributed by atoms with Gasteiger partial charge in [0.15, 0.2) is 6.10 Å². The van der Waals surface area contributed by atoms with Gasteiger partial charge >= 0.3 is 0 Å². The maximum atomic E-state index is 11.9. The van der Waals surface area contributed by atoms with Gasteiger partial charge in [0.25, 0.3) is 5.91 Å². The number of hydrogen-bond acceptors (Lipinski definition) is 4. The van der Waals surface area contributed by atoms with Crippen LogP contribution < -0.4 is 20.5 Å². The molecule has 1 unspecified atom stereocenters. The molecular formula is C14H22N2O3. The molecule has 1 amide bonds. The SMILES string of the molecule is COc1ccc(OC(C)C(=O)NC(C)(C)CN)cc1. The molecular weight excluding hydrogens is 244 g/mol. The minimum absolute atomic E-state index is 0.189. The Balaban J connectivity index is 2.58. The number of carbonyl (C=O) groups is 1. The predicted octanol–water partition coefficient (Wildman–Crippen LogP) is 1.32. The first-order valence-corrected chi connectivity index (χ1v) is 6.21. The molecule has 5 heteroatoms. The van der Waals surface area contributed by atoms with Gasteiger partial charge in [0.2, 0.25) is 0 Å². The molecule has 1 rings (SSSR count). The maximum absolute atomic E-state index is 11.9. The first-order chi connectivity index (χ1) is 8.88. The van der Waals surface area contributed by atoms with Crippen LogP contribution in [0.25, 0.3) is 0 Å². The van der Waals surface area contributed by atoms with Gasteiger partial charge in [0.1, 0.15) is 11.5 Å². The smallest absolute Gasteiger partial charge is 0.261 e. The second kappa shape index (κ2) is 6.43. The summed E-state index contributed by atoms with van der Waals surface area (Å²) in [5.41, 5.74) is 5.13. The molecule has 1 atom stereocenters. The van der Waals surface area contributed by atoms with E-state index < -0.39 is 11.6 Å². The maximum Gasteiger partial charge on any atom is 0.261 e. The van der Waals surface area contributed by atoms with E-state index in [1.165, 1.54) is 0 Å². The molecule has 3 N–H and O–H groups in total. The summed E-state index contributed by atoms with van der Waals surface area (Å²) in [5.74, 6) is 1.17. The Bertz CT molecular complexity index is 415. The largest absolute Gasteiger partial charge is 0.497 e. The van der Waals surface area contributed by atoms with Crippen LogP contribution in [0.5, 0.6) is 11.5 Å². The highest BCUT2D eigenvalue weighted by atomic mass is 16.5. The van der Waals surface area contributed by atoms with Crippen LogP contribution in [0.15, 0.2) is 24.3 Å². The zero-order chi connectivity index (χ0) is 14.5. The average Bonchev–Trinajstić information content (AvgIpc) is 2.39. The Kier molecular flexibility index (Phi) is 5.18. The monoisotopic (exact) mass is 266 g/mol. The molecule has 106 valence electrons. The van der Waals surface area contributed by atoms with Crippen molar-refractivity contribution >= 4 is 5.91 Å². The van der Waals surface area contributed by atoms with Gasteiger partial charge in [-0.05, 0) is 45.0 Å². The van der Waals surface area contributed by atoms with Crippen molar-refractivity contribution in [2.24, 2.45) is 5.73 Å². The van der Waals surface area contributed by atoms with Crippen molar-refractivity contribution in [1.82, 2.24) is 5.32 Å². The molecule has 0 bridgehead atoms. The van der Waals surface area contributed by atoms with Gasteiger partial charge in [-0.1, -0.05) is 0 Å². The van der Waals surface area contributed by atoms with E-state index in [9.17, 15) is 4.79 Å². The number of nitrogens with one attached hydrogen (secondary N) is 1. The van der Waals surface area contributed by atoms with Gasteiger partial charge < -0.3 is 20.5 Å². The van der Waals surface area contributed by atoms with Gasteiger partial charge in [-0.25, -0.2) is 0 Å². The van der Waals surface area contributed by atoms with Gasteiger partial charge in [-0.2, -0.15) is 0 Å². The summed E-state index contributed by atoms with van der Waals surface area (Å²) in [4.78, 5) is 11.9. The molecule has 5 nitrogen and oxygen atoms in total. The van der Waals surface area contributed by atoms with Crippen LogP contribution in [-0.4, -0.2) is 31.2 Å². The Morgan fingerprint density at radius 1 is 1.32 bits per heavy atom. The van der Waals surface area contributed by atoms with E-state index in [1.807, 2.05) is 13.8 Å². The predicted molar refractivity (Wildman–Crippen MR) is 74.4 cm³/mol. The molecule has 1 aromatic carbocycles. The number of methoxy groups -OCH3 is 1. The third-order valence-electron chi connectivity index (χ3n) is 2.71. The molecule has 0 aliphatic heterocycles. The summed E-state index contributed by atoms with van der Waals surface area (Å²) in [5, 5.41) is 2.83. The van der Waals surface area contributed by atoms with Gasteiger partial charge in [-0.15, -0.1) is 0 Å². The molecule has 0 fully saturated rings. The van der Waals surface area contributed by atoms with Crippen molar-refractivity contribution in [1.29, 1.82) is 0 Å². The molecule has 0 aliphatic carbocycles. The highest BCUT2D eigenvalue weighted by Gasteiger charge is 2.23. The Hall–Kier alpha value is -1.75. The number of benzene rings is 1. The van der Waals surface area contributed by atoms with Crippen LogP contribution in [-0.2, 0) is 4.79 Å². The van der Waals surface area contributed by atoms with Crippen molar-refractivity contribution in [3.63, 3.8) is 0 Å². The Labute approximate surface area is 114 Å². The number of carbonyl (C=O) groups excluding carboxylic acids is 1. The summed E-state index contributed by atoms with van der Waals surface area (Å²) in [6.07, 6.45) is -0.584. The molecule has 0 saturated carbocycles. The van der Waals surface area contributed by atoms with Crippen molar-refractivity contribution in [3.05, 3.63) is 24.3 Å². The fourth-order valence-electron chi connectivity index (χ4n) is 1.40. The Morgan fingerprint density at radius 2 is 1.84 bits per heavy atom. The summed E-state index contributed by atoms with van der Waals surface area (Å²) in [7, 11) is 1.60. The average molecular weight is 266 g/mol. The van der Waals surface area contributed by atoms with Crippen LogP contribution in [0.1, 0.15) is 20.8 Å². The van der Waals surface area contributed by atoms with E-state index in [1.54, 1.807) is 38.3 Å². The lowest BCUT2D eigenvalue weighted by Gasteiger charge is -2.26. The first kappa shape index (κ1) is 15.3. The van der Waals surface area contributed by atoms with Crippen LogP contribution in [0.4, 0.5) is 0 Å². The lowest BCUT2D eigenvalue weighted by molar-refractivity contribution is -0.128. The van der Waals surface area contributed by atoms with E-state index in [4.69, 9.17) is 15.2 Å². The summed E-state index contributed by atoms with van der Waals surface area (Å²) >= 11 is 0. The normalized spacial score (nSPS) is 12.7. The lowest BCUT2D eigenvalue weighted by Crippen LogP contribution is -2.52. The quantitative estimate of drug-likeness (QED) is 0.814. The number of amides is 1. The molecule has 0 aliphatic rings. The van der Waals surface area contributed by atoms with E-state index in [-0.39, 0.29) is 5.91 Å². The standard InChI is InChI=1S/C14H22N2O3/c1-10(13(17)16-14(2,3)9-15)19-12-7-5-11(18-4)6-8-12/h5-8,10H,9,15H2,1-4H3,(H,16,17). The van der Waals surface area contributed by atoms with Crippen LogP contribution in [0, 0.1) is 0 Å². The van der Waals surface area contributed by atoms with Crippen molar-refractivity contribution in [3.8, 4) is 11.5 Å². The zero-order valence-corrected chi connectivity index (χ0v) is 11.9. The van der Waals surface area contributed by atoms with E-state index in [0.29, 0.717) is 12.3 Å². The van der Waals surface area contributed by atoms with Gasteiger partial charge in [0.05, 0.1) is 7.11 Å². The fraction of sp³-hybridized carbons (Fsp3) is 0.500. The summed E-state index contributed by atoms with van der Waals surface area (Å²) < 4.78 is 10.6. The summed E-state index contributed by atoms with van der Waals surface area (Å²) in [6.45, 7) is 5.80. The minimum Gasteiger partial charge on any atom is -0.497 e.